The summed E-state index contributed by atoms with van der Waals surface area (Å²) in [6.45, 7) is 9.14. The van der Waals surface area contributed by atoms with Gasteiger partial charge in [-0.2, -0.15) is 0 Å². The van der Waals surface area contributed by atoms with Gasteiger partial charge in [0.2, 0.25) is 0 Å². The lowest BCUT2D eigenvalue weighted by Crippen LogP contribution is -2.54. The van der Waals surface area contributed by atoms with Gasteiger partial charge in [0.1, 0.15) is 0 Å². The van der Waals surface area contributed by atoms with Crippen molar-refractivity contribution in [2.45, 2.75) is 70.3 Å². The average Bonchev–Trinajstić information content (AvgIpc) is 3.23. The number of guanidine groups is 1. The molecule has 0 amide bonds. The van der Waals surface area contributed by atoms with E-state index < -0.39 is 0 Å². The van der Waals surface area contributed by atoms with Crippen LogP contribution in [0, 0.1) is 0 Å². The third-order valence-corrected chi connectivity index (χ3v) is 6.20. The zero-order chi connectivity index (χ0) is 18.1. The summed E-state index contributed by atoms with van der Waals surface area (Å²) in [4.78, 5) is 7.70. The number of likely N-dealkylation sites (tertiary alicyclic amines) is 1. The number of rotatable bonds is 7. The van der Waals surface area contributed by atoms with E-state index in [1.165, 1.54) is 51.6 Å². The van der Waals surface area contributed by atoms with Gasteiger partial charge in [-0.05, 0) is 77.8 Å². The largest absolute Gasteiger partial charge is 0.381 e. The molecule has 2 fully saturated rings. The van der Waals surface area contributed by atoms with Gasteiger partial charge in [0.25, 0.3) is 0 Å². The molecule has 0 unspecified atom stereocenters. The Morgan fingerprint density at radius 3 is 2.59 bits per heavy atom. The van der Waals surface area contributed by atoms with E-state index >= 15 is 0 Å². The molecule has 1 aliphatic carbocycles. The first-order chi connectivity index (χ1) is 12.8. The molecule has 156 valence electrons. The van der Waals surface area contributed by atoms with Gasteiger partial charge in [0.05, 0.1) is 6.54 Å². The second kappa shape index (κ2) is 12.3. The summed E-state index contributed by atoms with van der Waals surface area (Å²) in [5.74, 6) is 0.981. The molecular weight excluding hydrogens is 451 g/mol. The molecule has 0 aromatic carbocycles. The number of nitrogens with one attached hydrogen (secondary N) is 2. The number of hydrogen-bond donors (Lipinski definition) is 2. The lowest BCUT2D eigenvalue weighted by molar-refractivity contribution is -0.0139. The molecule has 0 saturated carbocycles. The minimum atomic E-state index is 0. The highest BCUT2D eigenvalue weighted by atomic mass is 127. The molecule has 2 N–H and O–H groups in total. The first-order valence-corrected chi connectivity index (χ1v) is 10.9. The molecule has 2 saturated heterocycles. The Bertz CT molecular complexity index is 483. The van der Waals surface area contributed by atoms with Crippen LogP contribution >= 0.6 is 24.0 Å². The van der Waals surface area contributed by atoms with Crippen molar-refractivity contribution in [3.8, 4) is 0 Å². The normalized spacial score (nSPS) is 23.4. The molecule has 0 aromatic heterocycles. The maximum absolute atomic E-state index is 5.66. The Morgan fingerprint density at radius 2 is 1.93 bits per heavy atom. The van der Waals surface area contributed by atoms with Gasteiger partial charge in [-0.25, -0.2) is 0 Å². The monoisotopic (exact) mass is 490 g/mol. The van der Waals surface area contributed by atoms with Gasteiger partial charge in [0.15, 0.2) is 5.96 Å². The SMILES string of the molecule is CCNC(=NCC1(N2CCCC2)CCOCC1)NCCC1=CCCCC1.I. The molecule has 3 rings (SSSR count). The van der Waals surface area contributed by atoms with Crippen molar-refractivity contribution in [2.75, 3.05) is 45.9 Å². The molecule has 2 aliphatic heterocycles. The van der Waals surface area contributed by atoms with Crippen molar-refractivity contribution < 1.29 is 4.74 Å². The minimum absolute atomic E-state index is 0. The van der Waals surface area contributed by atoms with Crippen molar-refractivity contribution in [1.29, 1.82) is 0 Å². The van der Waals surface area contributed by atoms with Crippen LogP contribution in [0.25, 0.3) is 0 Å². The molecule has 3 aliphatic rings. The summed E-state index contributed by atoms with van der Waals surface area (Å²) < 4.78 is 5.66. The first-order valence-electron chi connectivity index (χ1n) is 10.9. The van der Waals surface area contributed by atoms with E-state index in [2.05, 4.69) is 28.5 Å². The first kappa shape index (κ1) is 22.9. The summed E-state index contributed by atoms with van der Waals surface area (Å²) in [6, 6.07) is 0. The molecule has 27 heavy (non-hydrogen) atoms. The van der Waals surface area contributed by atoms with Crippen LogP contribution in [0.5, 0.6) is 0 Å². The van der Waals surface area contributed by atoms with Crippen molar-refractivity contribution in [2.24, 2.45) is 4.99 Å². The van der Waals surface area contributed by atoms with Crippen molar-refractivity contribution >= 4 is 29.9 Å². The number of aliphatic imine (C=N–C) groups is 1. The summed E-state index contributed by atoms with van der Waals surface area (Å²) >= 11 is 0. The van der Waals surface area contributed by atoms with E-state index in [1.54, 1.807) is 5.57 Å². The zero-order valence-electron chi connectivity index (χ0n) is 17.1. The highest BCUT2D eigenvalue weighted by molar-refractivity contribution is 14.0. The second-order valence-electron chi connectivity index (χ2n) is 8.01. The summed E-state index contributed by atoms with van der Waals surface area (Å²) in [5, 5.41) is 7.00. The number of nitrogens with zero attached hydrogens (tertiary/aromatic N) is 2. The molecule has 5 nitrogen and oxygen atoms in total. The third kappa shape index (κ3) is 6.89. The predicted molar refractivity (Wildman–Crippen MR) is 124 cm³/mol. The molecular formula is C21H39IN4O. The van der Waals surface area contributed by atoms with Crippen molar-refractivity contribution in [1.82, 2.24) is 15.5 Å². The Morgan fingerprint density at radius 1 is 1.15 bits per heavy atom. The lowest BCUT2D eigenvalue weighted by Gasteiger charge is -2.43. The van der Waals surface area contributed by atoms with Gasteiger partial charge >= 0.3 is 0 Å². The van der Waals surface area contributed by atoms with Crippen LogP contribution in [0.3, 0.4) is 0 Å². The fraction of sp³-hybridized carbons (Fsp3) is 0.857. The smallest absolute Gasteiger partial charge is 0.191 e. The van der Waals surface area contributed by atoms with Crippen LogP contribution in [0.1, 0.15) is 64.7 Å². The number of ether oxygens (including phenoxy) is 1. The third-order valence-electron chi connectivity index (χ3n) is 6.20. The summed E-state index contributed by atoms with van der Waals surface area (Å²) in [7, 11) is 0. The Balaban J connectivity index is 0.00000261. The van der Waals surface area contributed by atoms with Crippen molar-refractivity contribution in [3.05, 3.63) is 11.6 Å². The van der Waals surface area contributed by atoms with Gasteiger partial charge in [-0.1, -0.05) is 11.6 Å². The van der Waals surface area contributed by atoms with E-state index in [9.17, 15) is 0 Å². The van der Waals surface area contributed by atoms with Crippen LogP contribution in [0.4, 0.5) is 0 Å². The van der Waals surface area contributed by atoms with Crippen LogP contribution < -0.4 is 10.6 Å². The minimum Gasteiger partial charge on any atom is -0.381 e. The second-order valence-corrected chi connectivity index (χ2v) is 8.01. The molecule has 0 bridgehead atoms. The molecule has 0 radical (unpaired) electrons. The number of halogens is 1. The van der Waals surface area contributed by atoms with Gasteiger partial charge < -0.3 is 15.4 Å². The highest BCUT2D eigenvalue weighted by Crippen LogP contribution is 2.31. The molecule has 2 heterocycles. The average molecular weight is 490 g/mol. The fourth-order valence-electron chi connectivity index (χ4n) is 4.56. The number of allylic oxidation sites excluding steroid dienone is 1. The van der Waals surface area contributed by atoms with E-state index in [0.29, 0.717) is 0 Å². The van der Waals surface area contributed by atoms with Gasteiger partial charge in [-0.15, -0.1) is 24.0 Å². The Kier molecular flexibility index (Phi) is 10.4. The molecule has 6 heteroatoms. The van der Waals surface area contributed by atoms with Gasteiger partial charge in [0, 0.05) is 31.8 Å². The maximum atomic E-state index is 5.66. The molecule has 0 spiro atoms. The molecule has 0 aromatic rings. The Labute approximate surface area is 182 Å². The van der Waals surface area contributed by atoms with Gasteiger partial charge in [-0.3, -0.25) is 9.89 Å². The van der Waals surface area contributed by atoms with E-state index in [0.717, 1.165) is 58.1 Å². The summed E-state index contributed by atoms with van der Waals surface area (Å²) in [5.41, 5.74) is 1.83. The quantitative estimate of drug-likeness (QED) is 0.247. The van der Waals surface area contributed by atoms with E-state index in [-0.39, 0.29) is 29.5 Å². The summed E-state index contributed by atoms with van der Waals surface area (Å²) in [6.07, 6.45) is 13.8. The van der Waals surface area contributed by atoms with Crippen LogP contribution in [0.15, 0.2) is 16.6 Å². The molecule has 0 atom stereocenters. The number of hydrogen-bond acceptors (Lipinski definition) is 3. The zero-order valence-corrected chi connectivity index (χ0v) is 19.4. The van der Waals surface area contributed by atoms with Crippen LogP contribution in [-0.2, 0) is 4.74 Å². The van der Waals surface area contributed by atoms with Crippen LogP contribution in [0.2, 0.25) is 0 Å². The van der Waals surface area contributed by atoms with Crippen molar-refractivity contribution in [3.63, 3.8) is 0 Å². The lowest BCUT2D eigenvalue weighted by atomic mass is 9.88. The Hall–Kier alpha value is -0.340. The fourth-order valence-corrected chi connectivity index (χ4v) is 4.56. The standard InChI is InChI=1S/C21H38N4O.HI/c1-2-22-20(23-13-10-19-8-4-3-5-9-19)24-18-21(11-16-26-17-12-21)25-14-6-7-15-25;/h8H,2-7,9-18H2,1H3,(H2,22,23,24);1H. The van der Waals surface area contributed by atoms with Crippen LogP contribution in [-0.4, -0.2) is 62.3 Å². The topological polar surface area (TPSA) is 48.9 Å². The highest BCUT2D eigenvalue weighted by Gasteiger charge is 2.39. The predicted octanol–water partition coefficient (Wildman–Crippen LogP) is 3.70. The maximum Gasteiger partial charge on any atom is 0.191 e. The van der Waals surface area contributed by atoms with E-state index in [4.69, 9.17) is 9.73 Å². The van der Waals surface area contributed by atoms with E-state index in [1.807, 2.05) is 0 Å².